The second-order valence-corrected chi connectivity index (χ2v) is 6.57. The Hall–Kier alpha value is -0.320. The molecule has 3 rings (SSSR count). The third-order valence-electron chi connectivity index (χ3n) is 5.24. The maximum absolute atomic E-state index is 12.3. The average Bonchev–Trinajstić information content (AvgIpc) is 2.85. The zero-order valence-electron chi connectivity index (χ0n) is 12.0. The standard InChI is InChI=1S/C15H26N2O2.ClH/c18-14-8-4-3-7-12(14)17-15(19)13-9-10-5-1-2-6-11(10)16-13;/h10-14,16,18H,1-9H2,(H,17,19);1H/t10?,11?,12-,13?,14-;/m0./s1. The summed E-state index contributed by atoms with van der Waals surface area (Å²) in [5.41, 5.74) is 0. The number of nitrogens with one attached hydrogen (secondary N) is 2. The van der Waals surface area contributed by atoms with Crippen molar-refractivity contribution >= 4 is 18.3 Å². The van der Waals surface area contributed by atoms with Crippen LogP contribution >= 0.6 is 12.4 Å². The maximum atomic E-state index is 12.3. The predicted octanol–water partition coefficient (Wildman–Crippen LogP) is 1.75. The Morgan fingerprint density at radius 2 is 1.75 bits per heavy atom. The number of fused-ring (bicyclic) bond motifs is 1. The van der Waals surface area contributed by atoms with Gasteiger partial charge in [-0.25, -0.2) is 0 Å². The molecule has 3 aliphatic rings. The van der Waals surface area contributed by atoms with Gasteiger partial charge in [0.15, 0.2) is 0 Å². The third-order valence-corrected chi connectivity index (χ3v) is 5.24. The lowest BCUT2D eigenvalue weighted by atomic mass is 9.85. The lowest BCUT2D eigenvalue weighted by Crippen LogP contribution is -2.51. The van der Waals surface area contributed by atoms with Gasteiger partial charge < -0.3 is 15.7 Å². The minimum Gasteiger partial charge on any atom is -0.391 e. The van der Waals surface area contributed by atoms with E-state index in [9.17, 15) is 9.90 Å². The highest BCUT2D eigenvalue weighted by molar-refractivity contribution is 5.85. The van der Waals surface area contributed by atoms with Crippen molar-refractivity contribution in [3.63, 3.8) is 0 Å². The van der Waals surface area contributed by atoms with E-state index >= 15 is 0 Å². The summed E-state index contributed by atoms with van der Waals surface area (Å²) in [5.74, 6) is 0.807. The van der Waals surface area contributed by atoms with E-state index in [4.69, 9.17) is 0 Å². The van der Waals surface area contributed by atoms with E-state index in [1.807, 2.05) is 0 Å². The summed E-state index contributed by atoms with van der Waals surface area (Å²) in [6.07, 6.45) is 9.70. The van der Waals surface area contributed by atoms with Crippen LogP contribution in [-0.4, -0.2) is 35.2 Å². The molecule has 0 aromatic carbocycles. The SMILES string of the molecule is Cl.O=C(N[C@H]1CCCC[C@@H]1O)C1CC2CCCCC2N1. The molecule has 0 spiro atoms. The average molecular weight is 303 g/mol. The Bertz CT molecular complexity index is 326. The zero-order chi connectivity index (χ0) is 13.2. The van der Waals surface area contributed by atoms with Gasteiger partial charge in [-0.15, -0.1) is 12.4 Å². The van der Waals surface area contributed by atoms with Crippen LogP contribution in [0.2, 0.25) is 0 Å². The molecule has 3 N–H and O–H groups in total. The highest BCUT2D eigenvalue weighted by Crippen LogP contribution is 2.33. The minimum atomic E-state index is -0.346. The smallest absolute Gasteiger partial charge is 0.237 e. The van der Waals surface area contributed by atoms with E-state index in [0.29, 0.717) is 12.0 Å². The molecular weight excluding hydrogens is 276 g/mol. The summed E-state index contributed by atoms with van der Waals surface area (Å²) < 4.78 is 0. The van der Waals surface area contributed by atoms with Crippen molar-refractivity contribution in [1.29, 1.82) is 0 Å². The molecule has 3 fully saturated rings. The molecule has 5 atom stereocenters. The quantitative estimate of drug-likeness (QED) is 0.728. The van der Waals surface area contributed by atoms with E-state index in [2.05, 4.69) is 10.6 Å². The van der Waals surface area contributed by atoms with Crippen molar-refractivity contribution in [2.75, 3.05) is 0 Å². The van der Waals surface area contributed by atoms with Crippen LogP contribution in [0.1, 0.15) is 57.8 Å². The summed E-state index contributed by atoms with van der Waals surface area (Å²) in [5, 5.41) is 16.5. The molecule has 1 amide bonds. The number of carbonyl (C=O) groups is 1. The first-order chi connectivity index (χ1) is 9.24. The molecule has 4 nitrogen and oxygen atoms in total. The van der Waals surface area contributed by atoms with Crippen molar-refractivity contribution in [3.8, 4) is 0 Å². The van der Waals surface area contributed by atoms with Crippen LogP contribution in [0, 0.1) is 5.92 Å². The number of amides is 1. The van der Waals surface area contributed by atoms with Crippen molar-refractivity contribution < 1.29 is 9.90 Å². The first kappa shape index (κ1) is 16.1. The summed E-state index contributed by atoms with van der Waals surface area (Å²) in [4.78, 5) is 12.3. The van der Waals surface area contributed by atoms with Gasteiger partial charge in [-0.05, 0) is 38.0 Å². The number of rotatable bonds is 2. The van der Waals surface area contributed by atoms with Crippen LogP contribution in [-0.2, 0) is 4.79 Å². The van der Waals surface area contributed by atoms with Crippen LogP contribution in [0.5, 0.6) is 0 Å². The maximum Gasteiger partial charge on any atom is 0.237 e. The monoisotopic (exact) mass is 302 g/mol. The van der Waals surface area contributed by atoms with Crippen LogP contribution in [0.15, 0.2) is 0 Å². The van der Waals surface area contributed by atoms with E-state index in [0.717, 1.165) is 32.1 Å². The topological polar surface area (TPSA) is 61.4 Å². The fourth-order valence-electron chi connectivity index (χ4n) is 4.08. The molecule has 0 bridgehead atoms. The fourth-order valence-corrected chi connectivity index (χ4v) is 4.08. The summed E-state index contributed by atoms with van der Waals surface area (Å²) in [6, 6.07) is 0.508. The van der Waals surface area contributed by atoms with Crippen molar-refractivity contribution in [3.05, 3.63) is 0 Å². The van der Waals surface area contributed by atoms with Crippen LogP contribution in [0.4, 0.5) is 0 Å². The molecule has 3 unspecified atom stereocenters. The van der Waals surface area contributed by atoms with Crippen molar-refractivity contribution in [1.82, 2.24) is 10.6 Å². The van der Waals surface area contributed by atoms with Crippen LogP contribution < -0.4 is 10.6 Å². The lowest BCUT2D eigenvalue weighted by molar-refractivity contribution is -0.124. The zero-order valence-corrected chi connectivity index (χ0v) is 12.8. The molecule has 116 valence electrons. The van der Waals surface area contributed by atoms with E-state index < -0.39 is 0 Å². The van der Waals surface area contributed by atoms with Crippen LogP contribution in [0.25, 0.3) is 0 Å². The molecule has 5 heteroatoms. The first-order valence-corrected chi connectivity index (χ1v) is 7.98. The van der Waals surface area contributed by atoms with Gasteiger partial charge in [-0.3, -0.25) is 4.79 Å². The van der Waals surface area contributed by atoms with Gasteiger partial charge in [-0.1, -0.05) is 25.7 Å². The minimum absolute atomic E-state index is 0. The Morgan fingerprint density at radius 3 is 2.50 bits per heavy atom. The van der Waals surface area contributed by atoms with Gasteiger partial charge in [-0.2, -0.15) is 0 Å². The second-order valence-electron chi connectivity index (χ2n) is 6.57. The van der Waals surface area contributed by atoms with E-state index in [-0.39, 0.29) is 36.5 Å². The van der Waals surface area contributed by atoms with Gasteiger partial charge in [0, 0.05) is 6.04 Å². The Balaban J connectivity index is 0.00000147. The predicted molar refractivity (Wildman–Crippen MR) is 80.9 cm³/mol. The van der Waals surface area contributed by atoms with Gasteiger partial charge >= 0.3 is 0 Å². The molecule has 0 aromatic heterocycles. The lowest BCUT2D eigenvalue weighted by Gasteiger charge is -2.29. The molecule has 0 aromatic rings. The molecule has 2 saturated carbocycles. The van der Waals surface area contributed by atoms with Gasteiger partial charge in [0.2, 0.25) is 5.91 Å². The fraction of sp³-hybridized carbons (Fsp3) is 0.933. The Morgan fingerprint density at radius 1 is 1.05 bits per heavy atom. The molecule has 2 aliphatic carbocycles. The highest BCUT2D eigenvalue weighted by atomic mass is 35.5. The summed E-state index contributed by atoms with van der Waals surface area (Å²) in [6.45, 7) is 0. The highest BCUT2D eigenvalue weighted by Gasteiger charge is 2.39. The van der Waals surface area contributed by atoms with E-state index in [1.54, 1.807) is 0 Å². The number of halogens is 1. The number of aliphatic hydroxyl groups is 1. The third kappa shape index (κ3) is 3.46. The second kappa shape index (κ2) is 7.10. The molecule has 1 heterocycles. The molecule has 1 aliphatic heterocycles. The molecular formula is C15H27ClN2O2. The molecule has 1 saturated heterocycles. The van der Waals surface area contributed by atoms with Gasteiger partial charge in [0.25, 0.3) is 0 Å². The number of hydrogen-bond acceptors (Lipinski definition) is 3. The van der Waals surface area contributed by atoms with Crippen molar-refractivity contribution in [2.24, 2.45) is 5.92 Å². The van der Waals surface area contributed by atoms with Crippen molar-refractivity contribution in [2.45, 2.75) is 82.0 Å². The number of hydrogen-bond donors (Lipinski definition) is 3. The van der Waals surface area contributed by atoms with Gasteiger partial charge in [0.05, 0.1) is 18.2 Å². The molecule has 0 radical (unpaired) electrons. The largest absolute Gasteiger partial charge is 0.391 e. The van der Waals surface area contributed by atoms with E-state index in [1.165, 1.54) is 25.7 Å². The number of carbonyl (C=O) groups excluding carboxylic acids is 1. The van der Waals surface area contributed by atoms with Gasteiger partial charge in [0.1, 0.15) is 0 Å². The molecule has 20 heavy (non-hydrogen) atoms. The summed E-state index contributed by atoms with van der Waals surface area (Å²) >= 11 is 0. The number of aliphatic hydroxyl groups excluding tert-OH is 1. The normalized spacial score (nSPS) is 40.5. The van der Waals surface area contributed by atoms with Crippen LogP contribution in [0.3, 0.4) is 0 Å². The summed E-state index contributed by atoms with van der Waals surface area (Å²) in [7, 11) is 0. The Labute approximate surface area is 127 Å². The first-order valence-electron chi connectivity index (χ1n) is 7.98. The Kier molecular flexibility index (Phi) is 5.70.